The Morgan fingerprint density at radius 3 is 2.55 bits per heavy atom. The first-order valence-corrected chi connectivity index (χ1v) is 11.5. The van der Waals surface area contributed by atoms with Gasteiger partial charge in [0.25, 0.3) is 0 Å². The summed E-state index contributed by atoms with van der Waals surface area (Å²) in [6, 6.07) is 13.2. The van der Waals surface area contributed by atoms with Crippen LogP contribution in [0.4, 0.5) is 11.5 Å². The standard InChI is InChI=1S/C21H22N4O3S/c26-21(13-7-8-13)22-20-18-10-9-15(12-19(18)23-24-20)14-3-1-4-16(11-14)25-29(27,28)17-5-2-6-17/h1,3-4,9-13,17,25H,2,5-8H2,(H2,22,23,24,26). The summed E-state index contributed by atoms with van der Waals surface area (Å²) in [5.41, 5.74) is 3.22. The molecule has 3 N–H and O–H groups in total. The predicted molar refractivity (Wildman–Crippen MR) is 113 cm³/mol. The molecule has 0 bridgehead atoms. The van der Waals surface area contributed by atoms with Crippen LogP contribution in [-0.2, 0) is 14.8 Å². The van der Waals surface area contributed by atoms with Crippen LogP contribution in [0.2, 0.25) is 0 Å². The molecule has 1 amide bonds. The Morgan fingerprint density at radius 2 is 1.83 bits per heavy atom. The molecule has 5 rings (SSSR count). The SMILES string of the molecule is O=C(Nc1n[nH]c2cc(-c3cccc(NS(=O)(=O)C4CCC4)c3)ccc12)C1CC1. The number of rotatable bonds is 6. The van der Waals surface area contributed by atoms with Crippen molar-refractivity contribution in [3.05, 3.63) is 42.5 Å². The molecule has 0 radical (unpaired) electrons. The molecule has 0 atom stereocenters. The predicted octanol–water partition coefficient (Wildman–Crippen LogP) is 3.87. The summed E-state index contributed by atoms with van der Waals surface area (Å²) in [7, 11) is -3.33. The molecule has 0 saturated heterocycles. The van der Waals surface area contributed by atoms with Gasteiger partial charge in [-0.3, -0.25) is 14.6 Å². The number of aromatic amines is 1. The third kappa shape index (κ3) is 3.60. The lowest BCUT2D eigenvalue weighted by molar-refractivity contribution is -0.117. The van der Waals surface area contributed by atoms with Gasteiger partial charge in [-0.05, 0) is 61.1 Å². The minimum Gasteiger partial charge on any atom is -0.308 e. The van der Waals surface area contributed by atoms with E-state index in [9.17, 15) is 13.2 Å². The van der Waals surface area contributed by atoms with E-state index in [2.05, 4.69) is 20.2 Å². The highest BCUT2D eigenvalue weighted by Gasteiger charge is 2.31. The number of fused-ring (bicyclic) bond motifs is 1. The molecule has 2 aliphatic rings. The van der Waals surface area contributed by atoms with Crippen molar-refractivity contribution < 1.29 is 13.2 Å². The van der Waals surface area contributed by atoms with E-state index in [1.165, 1.54) is 0 Å². The van der Waals surface area contributed by atoms with Gasteiger partial charge < -0.3 is 5.32 Å². The minimum absolute atomic E-state index is 0.0222. The van der Waals surface area contributed by atoms with Crippen molar-refractivity contribution in [3.63, 3.8) is 0 Å². The molecule has 1 aromatic heterocycles. The van der Waals surface area contributed by atoms with E-state index in [1.54, 1.807) is 6.07 Å². The fourth-order valence-corrected chi connectivity index (χ4v) is 5.13. The van der Waals surface area contributed by atoms with Crippen molar-refractivity contribution in [1.29, 1.82) is 0 Å². The van der Waals surface area contributed by atoms with Crippen molar-refractivity contribution in [2.45, 2.75) is 37.4 Å². The van der Waals surface area contributed by atoms with Crippen LogP contribution < -0.4 is 10.0 Å². The van der Waals surface area contributed by atoms with E-state index in [0.717, 1.165) is 54.1 Å². The number of nitrogens with zero attached hydrogens (tertiary/aromatic N) is 1. The lowest BCUT2D eigenvalue weighted by atomic mass is 10.0. The topological polar surface area (TPSA) is 104 Å². The maximum Gasteiger partial charge on any atom is 0.235 e. The number of aromatic nitrogens is 2. The fourth-order valence-electron chi connectivity index (χ4n) is 3.55. The van der Waals surface area contributed by atoms with Crippen LogP contribution in [0.1, 0.15) is 32.1 Å². The molecule has 29 heavy (non-hydrogen) atoms. The Balaban J connectivity index is 1.39. The average molecular weight is 410 g/mol. The van der Waals surface area contributed by atoms with Gasteiger partial charge in [-0.2, -0.15) is 5.10 Å². The maximum absolute atomic E-state index is 12.4. The monoisotopic (exact) mass is 410 g/mol. The molecule has 1 heterocycles. The summed E-state index contributed by atoms with van der Waals surface area (Å²) < 4.78 is 27.5. The van der Waals surface area contributed by atoms with Crippen molar-refractivity contribution in [3.8, 4) is 11.1 Å². The van der Waals surface area contributed by atoms with Crippen molar-refractivity contribution in [2.75, 3.05) is 10.0 Å². The molecule has 0 spiro atoms. The molecule has 7 nitrogen and oxygen atoms in total. The number of carbonyl (C=O) groups excluding carboxylic acids is 1. The van der Waals surface area contributed by atoms with Gasteiger partial charge in [0.05, 0.1) is 10.8 Å². The van der Waals surface area contributed by atoms with Crippen LogP contribution in [0.3, 0.4) is 0 Å². The highest BCUT2D eigenvalue weighted by atomic mass is 32.2. The number of hydrogen-bond donors (Lipinski definition) is 3. The number of hydrogen-bond acceptors (Lipinski definition) is 4. The van der Waals surface area contributed by atoms with E-state index >= 15 is 0 Å². The Labute approximate surface area is 168 Å². The van der Waals surface area contributed by atoms with Gasteiger partial charge in [-0.25, -0.2) is 8.42 Å². The molecule has 8 heteroatoms. The second-order valence-corrected chi connectivity index (χ2v) is 9.84. The molecule has 0 aliphatic heterocycles. The summed E-state index contributed by atoms with van der Waals surface area (Å²) in [6.07, 6.45) is 4.31. The number of nitrogens with one attached hydrogen (secondary N) is 3. The second-order valence-electron chi connectivity index (χ2n) is 7.88. The number of sulfonamides is 1. The summed E-state index contributed by atoms with van der Waals surface area (Å²) in [5, 5.41) is 10.7. The first-order chi connectivity index (χ1) is 14.0. The van der Waals surface area contributed by atoms with Gasteiger partial charge >= 0.3 is 0 Å². The number of anilines is 2. The molecule has 2 aromatic carbocycles. The van der Waals surface area contributed by atoms with Crippen molar-refractivity contribution >= 4 is 38.3 Å². The molecule has 2 fully saturated rings. The Kier molecular flexibility index (Phi) is 4.31. The Hall–Kier alpha value is -2.87. The van der Waals surface area contributed by atoms with Crippen LogP contribution in [0.5, 0.6) is 0 Å². The largest absolute Gasteiger partial charge is 0.308 e. The van der Waals surface area contributed by atoms with Gasteiger partial charge in [0, 0.05) is 17.0 Å². The summed E-state index contributed by atoms with van der Waals surface area (Å²) in [6.45, 7) is 0. The number of benzene rings is 2. The van der Waals surface area contributed by atoms with E-state index in [0.29, 0.717) is 11.5 Å². The number of amides is 1. The molecular formula is C21H22N4O3S. The first kappa shape index (κ1) is 18.2. The van der Waals surface area contributed by atoms with Gasteiger partial charge in [-0.1, -0.05) is 24.6 Å². The third-order valence-electron chi connectivity index (χ3n) is 5.70. The van der Waals surface area contributed by atoms with Crippen LogP contribution in [0, 0.1) is 5.92 Å². The maximum atomic E-state index is 12.4. The van der Waals surface area contributed by atoms with Crippen molar-refractivity contribution in [2.24, 2.45) is 5.92 Å². The normalized spacial score (nSPS) is 17.1. The lowest BCUT2D eigenvalue weighted by Gasteiger charge is -2.25. The van der Waals surface area contributed by atoms with E-state index in [1.807, 2.05) is 36.4 Å². The Bertz CT molecular complexity index is 1190. The van der Waals surface area contributed by atoms with Gasteiger partial charge in [-0.15, -0.1) is 0 Å². The minimum atomic E-state index is -3.33. The van der Waals surface area contributed by atoms with E-state index < -0.39 is 10.0 Å². The first-order valence-electron chi connectivity index (χ1n) is 9.91. The van der Waals surface area contributed by atoms with Crippen LogP contribution in [0.25, 0.3) is 22.0 Å². The van der Waals surface area contributed by atoms with Gasteiger partial charge in [0.15, 0.2) is 5.82 Å². The molecule has 0 unspecified atom stereocenters. The number of carbonyl (C=O) groups is 1. The molecule has 2 saturated carbocycles. The highest BCUT2D eigenvalue weighted by Crippen LogP contribution is 2.33. The van der Waals surface area contributed by atoms with Crippen LogP contribution >= 0.6 is 0 Å². The zero-order chi connectivity index (χ0) is 20.0. The zero-order valence-corrected chi connectivity index (χ0v) is 16.6. The van der Waals surface area contributed by atoms with Gasteiger partial charge in [0.1, 0.15) is 0 Å². The van der Waals surface area contributed by atoms with Crippen molar-refractivity contribution in [1.82, 2.24) is 10.2 Å². The molecule has 150 valence electrons. The Morgan fingerprint density at radius 1 is 1.03 bits per heavy atom. The average Bonchev–Trinajstić information content (AvgIpc) is 3.42. The molecular weight excluding hydrogens is 388 g/mol. The molecule has 3 aromatic rings. The van der Waals surface area contributed by atoms with Crippen LogP contribution in [-0.4, -0.2) is 29.8 Å². The van der Waals surface area contributed by atoms with Gasteiger partial charge in [0.2, 0.25) is 15.9 Å². The summed E-state index contributed by atoms with van der Waals surface area (Å²) >= 11 is 0. The van der Waals surface area contributed by atoms with E-state index in [-0.39, 0.29) is 17.1 Å². The summed E-state index contributed by atoms with van der Waals surface area (Å²) in [4.78, 5) is 12.0. The quantitative estimate of drug-likeness (QED) is 0.574. The van der Waals surface area contributed by atoms with E-state index in [4.69, 9.17) is 0 Å². The molecule has 2 aliphatic carbocycles. The smallest absolute Gasteiger partial charge is 0.235 e. The van der Waals surface area contributed by atoms with Crippen LogP contribution in [0.15, 0.2) is 42.5 Å². The zero-order valence-electron chi connectivity index (χ0n) is 15.8. The summed E-state index contributed by atoms with van der Waals surface area (Å²) in [5.74, 6) is 0.687. The fraction of sp³-hybridized carbons (Fsp3) is 0.333. The number of H-pyrrole nitrogens is 1. The third-order valence-corrected chi connectivity index (χ3v) is 7.57. The highest BCUT2D eigenvalue weighted by molar-refractivity contribution is 7.93. The second kappa shape index (κ2) is 6.88. The lowest BCUT2D eigenvalue weighted by Crippen LogP contribution is -2.33.